The van der Waals surface area contributed by atoms with Gasteiger partial charge >= 0.3 is 0 Å². The van der Waals surface area contributed by atoms with Crippen molar-refractivity contribution in [1.82, 2.24) is 4.98 Å². The van der Waals surface area contributed by atoms with Gasteiger partial charge in [-0.3, -0.25) is 9.59 Å². The lowest BCUT2D eigenvalue weighted by molar-refractivity contribution is -0.118. The molecule has 0 aliphatic heterocycles. The maximum absolute atomic E-state index is 12.4. The zero-order valence-corrected chi connectivity index (χ0v) is 21.3. The second-order valence-corrected chi connectivity index (χ2v) is 9.90. The number of hydrogen-bond donors (Lipinski definition) is 2. The lowest BCUT2D eigenvalue weighted by Gasteiger charge is -2.09. The van der Waals surface area contributed by atoms with Crippen molar-refractivity contribution in [2.45, 2.75) is 4.90 Å². The average molecular weight is 544 g/mol. The van der Waals surface area contributed by atoms with E-state index >= 15 is 0 Å². The summed E-state index contributed by atoms with van der Waals surface area (Å²) in [5.41, 5.74) is 2.15. The van der Waals surface area contributed by atoms with Crippen molar-refractivity contribution >= 4 is 68.9 Å². The van der Waals surface area contributed by atoms with Crippen molar-refractivity contribution in [2.75, 3.05) is 23.0 Å². The van der Waals surface area contributed by atoms with Crippen LogP contribution in [0.3, 0.4) is 0 Å². The van der Waals surface area contributed by atoms with Crippen LogP contribution in [0, 0.1) is 0 Å². The fourth-order valence-corrected chi connectivity index (χ4v) is 4.74. The van der Waals surface area contributed by atoms with Crippen LogP contribution in [0.2, 0.25) is 10.0 Å². The molecule has 2 N–H and O–H groups in total. The van der Waals surface area contributed by atoms with Gasteiger partial charge in [0.25, 0.3) is 5.91 Å². The molecule has 1 heterocycles. The number of rotatable bonds is 9. The van der Waals surface area contributed by atoms with Gasteiger partial charge in [-0.2, -0.15) is 0 Å². The molecule has 0 saturated heterocycles. The predicted molar refractivity (Wildman–Crippen MR) is 144 cm³/mol. The minimum absolute atomic E-state index is 0.0954. The number of carbonyl (C=O) groups is 2. The summed E-state index contributed by atoms with van der Waals surface area (Å²) < 4.78 is 5.46. The third-order valence-corrected chi connectivity index (χ3v) is 7.06. The summed E-state index contributed by atoms with van der Waals surface area (Å²) in [6.07, 6.45) is 0. The summed E-state index contributed by atoms with van der Waals surface area (Å²) >= 11 is 14.7. The number of aromatic nitrogens is 1. The summed E-state index contributed by atoms with van der Waals surface area (Å²) in [6.45, 7) is -0.0954. The number of nitrogens with one attached hydrogen (secondary N) is 2. The van der Waals surface area contributed by atoms with Gasteiger partial charge < -0.3 is 15.4 Å². The van der Waals surface area contributed by atoms with Crippen molar-refractivity contribution in [1.29, 1.82) is 0 Å². The smallest absolute Gasteiger partial charge is 0.262 e. The fraction of sp³-hybridized carbons (Fsp3) is 0.0800. The normalized spacial score (nSPS) is 10.6. The molecule has 6 nitrogen and oxygen atoms in total. The van der Waals surface area contributed by atoms with Gasteiger partial charge in [-0.05, 0) is 42.5 Å². The molecule has 3 aromatic carbocycles. The third-order valence-electron chi connectivity index (χ3n) is 4.57. The first-order valence-corrected chi connectivity index (χ1v) is 13.0. The van der Waals surface area contributed by atoms with E-state index in [1.807, 2.05) is 47.8 Å². The molecule has 0 bridgehead atoms. The second kappa shape index (κ2) is 12.1. The van der Waals surface area contributed by atoms with Crippen LogP contribution < -0.4 is 15.4 Å². The molecule has 4 aromatic rings. The Kier molecular flexibility index (Phi) is 8.65. The number of nitrogens with zero attached hydrogens (tertiary/aromatic N) is 1. The molecule has 0 aliphatic rings. The molecule has 0 fully saturated rings. The summed E-state index contributed by atoms with van der Waals surface area (Å²) in [7, 11) is 0. The molecule has 4 rings (SSSR count). The van der Waals surface area contributed by atoms with Crippen molar-refractivity contribution in [2.24, 2.45) is 0 Å². The van der Waals surface area contributed by atoms with Crippen LogP contribution in [0.25, 0.3) is 11.3 Å². The maximum Gasteiger partial charge on any atom is 0.262 e. The molecule has 0 aliphatic carbocycles. The van der Waals surface area contributed by atoms with E-state index in [4.69, 9.17) is 27.9 Å². The molecule has 0 spiro atoms. The topological polar surface area (TPSA) is 80.3 Å². The zero-order chi connectivity index (χ0) is 24.6. The molecule has 1 aromatic heterocycles. The Labute approximate surface area is 220 Å². The van der Waals surface area contributed by atoms with Crippen LogP contribution >= 0.6 is 46.3 Å². The Morgan fingerprint density at radius 1 is 0.914 bits per heavy atom. The first-order chi connectivity index (χ1) is 17.0. The van der Waals surface area contributed by atoms with Gasteiger partial charge in [0.15, 0.2) is 11.7 Å². The van der Waals surface area contributed by atoms with Gasteiger partial charge in [0, 0.05) is 21.5 Å². The Hall–Kier alpha value is -3.04. The Morgan fingerprint density at radius 2 is 1.74 bits per heavy atom. The maximum atomic E-state index is 12.4. The third kappa shape index (κ3) is 7.47. The van der Waals surface area contributed by atoms with Crippen LogP contribution in [-0.2, 0) is 9.59 Å². The van der Waals surface area contributed by atoms with E-state index in [0.29, 0.717) is 32.3 Å². The number of hydrogen-bond acceptors (Lipinski definition) is 6. The molecular formula is C25H19Cl2N3O3S2. The molecule has 10 heteroatoms. The number of ether oxygens (including phenoxy) is 1. The van der Waals surface area contributed by atoms with E-state index in [1.54, 1.807) is 30.3 Å². The summed E-state index contributed by atoms with van der Waals surface area (Å²) in [6, 6.07) is 21.7. The van der Waals surface area contributed by atoms with E-state index in [1.165, 1.54) is 23.1 Å². The molecule has 0 unspecified atom stereocenters. The van der Waals surface area contributed by atoms with Crippen molar-refractivity contribution in [3.63, 3.8) is 0 Å². The van der Waals surface area contributed by atoms with Crippen molar-refractivity contribution in [3.05, 3.63) is 88.2 Å². The highest BCUT2D eigenvalue weighted by molar-refractivity contribution is 8.00. The van der Waals surface area contributed by atoms with Gasteiger partial charge in [0.2, 0.25) is 5.91 Å². The van der Waals surface area contributed by atoms with Crippen molar-refractivity contribution in [3.8, 4) is 17.0 Å². The van der Waals surface area contributed by atoms with E-state index in [0.717, 1.165) is 10.5 Å². The van der Waals surface area contributed by atoms with Gasteiger partial charge in [-0.15, -0.1) is 23.1 Å². The van der Waals surface area contributed by atoms with E-state index in [-0.39, 0.29) is 24.2 Å². The largest absolute Gasteiger partial charge is 0.484 e. The van der Waals surface area contributed by atoms with Gasteiger partial charge in [0.05, 0.1) is 21.5 Å². The van der Waals surface area contributed by atoms with E-state index in [2.05, 4.69) is 15.6 Å². The highest BCUT2D eigenvalue weighted by Crippen LogP contribution is 2.30. The summed E-state index contributed by atoms with van der Waals surface area (Å²) in [5.74, 6) is 0.365. The number of thioether (sulfide) groups is 1. The Balaban J connectivity index is 1.26. The lowest BCUT2D eigenvalue weighted by atomic mass is 10.2. The highest BCUT2D eigenvalue weighted by atomic mass is 35.5. The zero-order valence-electron chi connectivity index (χ0n) is 18.2. The molecule has 0 atom stereocenters. The number of halogens is 2. The van der Waals surface area contributed by atoms with Gasteiger partial charge in [0.1, 0.15) is 5.75 Å². The molecule has 35 heavy (non-hydrogen) atoms. The predicted octanol–water partition coefficient (Wildman–Crippen LogP) is 6.87. The minimum atomic E-state index is -0.268. The molecule has 178 valence electrons. The van der Waals surface area contributed by atoms with Crippen LogP contribution in [0.15, 0.2) is 83.1 Å². The summed E-state index contributed by atoms with van der Waals surface area (Å²) in [4.78, 5) is 29.9. The highest BCUT2D eigenvalue weighted by Gasteiger charge is 2.11. The SMILES string of the molecule is O=C(COc1ccccc1)Nc1cccc(SCC(=O)Nc2nc(-c3ccc(Cl)c(Cl)c3)cs2)c1. The van der Waals surface area contributed by atoms with E-state index in [9.17, 15) is 9.59 Å². The summed E-state index contributed by atoms with van der Waals surface area (Å²) in [5, 5.41) is 8.87. The first-order valence-electron chi connectivity index (χ1n) is 10.4. The Bertz CT molecular complexity index is 1330. The number of thiazole rings is 1. The van der Waals surface area contributed by atoms with Crippen LogP contribution in [-0.4, -0.2) is 29.2 Å². The average Bonchev–Trinajstić information content (AvgIpc) is 3.32. The number of benzene rings is 3. The van der Waals surface area contributed by atoms with Crippen LogP contribution in [0.1, 0.15) is 0 Å². The van der Waals surface area contributed by atoms with Gasteiger partial charge in [-0.25, -0.2) is 4.98 Å². The fourth-order valence-electron chi connectivity index (χ4n) is 2.95. The Morgan fingerprint density at radius 3 is 2.54 bits per heavy atom. The molecular weight excluding hydrogens is 525 g/mol. The first kappa shape index (κ1) is 25.1. The standard InChI is InChI=1S/C25H19Cl2N3O3S2/c26-20-10-9-16(11-21(20)27)22-14-35-25(29-22)30-24(32)15-34-19-8-4-5-17(12-19)28-23(31)13-33-18-6-2-1-3-7-18/h1-12,14H,13,15H2,(H,28,31)(H,29,30,32). The molecule has 0 radical (unpaired) electrons. The van der Waals surface area contributed by atoms with Gasteiger partial charge in [-0.1, -0.05) is 53.5 Å². The van der Waals surface area contributed by atoms with Crippen LogP contribution in [0.5, 0.6) is 5.75 Å². The molecule has 2 amide bonds. The lowest BCUT2D eigenvalue weighted by Crippen LogP contribution is -2.20. The second-order valence-electron chi connectivity index (χ2n) is 7.18. The van der Waals surface area contributed by atoms with Crippen LogP contribution in [0.4, 0.5) is 10.8 Å². The number of amides is 2. The van der Waals surface area contributed by atoms with Crippen molar-refractivity contribution < 1.29 is 14.3 Å². The van der Waals surface area contributed by atoms with E-state index < -0.39 is 0 Å². The number of para-hydroxylation sites is 1. The molecule has 0 saturated carbocycles. The quantitative estimate of drug-likeness (QED) is 0.225. The minimum Gasteiger partial charge on any atom is -0.484 e. The monoisotopic (exact) mass is 543 g/mol. The number of anilines is 2. The number of carbonyl (C=O) groups excluding carboxylic acids is 2.